The third-order valence-corrected chi connectivity index (χ3v) is 0. The molecule has 0 aromatic heterocycles. The van der Waals surface area contributed by atoms with E-state index in [1.165, 1.54) is 0 Å². The molecule has 0 saturated heterocycles. The maximum Gasteiger partial charge on any atom is 2.00 e. The van der Waals surface area contributed by atoms with E-state index in [9.17, 15) is 0 Å². The predicted molar refractivity (Wildman–Crippen MR) is 32.4 cm³/mol. The van der Waals surface area contributed by atoms with Crippen molar-refractivity contribution in [2.24, 2.45) is 0 Å². The van der Waals surface area contributed by atoms with Crippen molar-refractivity contribution in [1.29, 1.82) is 0 Å². The van der Waals surface area contributed by atoms with E-state index >= 15 is 0 Å². The van der Waals surface area contributed by atoms with Crippen molar-refractivity contribution in [2.75, 3.05) is 0 Å². The Labute approximate surface area is 93.4 Å². The Bertz CT molecular complexity index is 91.7. The van der Waals surface area contributed by atoms with Crippen LogP contribution in [0.25, 0.3) is 0 Å². The smallest absolute Gasteiger partial charge is 2.00 e. The van der Waals surface area contributed by atoms with Gasteiger partial charge in [-0.2, -0.15) is 0 Å². The number of halogens is 2. The van der Waals surface area contributed by atoms with Gasteiger partial charge in [0.2, 0.25) is 0 Å². The van der Waals surface area contributed by atoms with Gasteiger partial charge in [-0.1, -0.05) is 0 Å². The van der Waals surface area contributed by atoms with Gasteiger partial charge in [0, 0.05) is 0 Å². The molecule has 12 heavy (non-hydrogen) atoms. The molecule has 12 heteroatoms. The molecule has 0 unspecified atom stereocenters. The molecule has 0 fully saturated rings. The van der Waals surface area contributed by atoms with Gasteiger partial charge in [0.05, 0.1) is 10.2 Å². The molecule has 0 rings (SSSR count). The minimum absolute atomic E-state index is 0. The molecule has 0 N–H and O–H groups in total. The molecular weight excluding hydrogens is 324 g/mol. The Morgan fingerprint density at radius 2 is 0.917 bits per heavy atom. The first-order valence-electron chi connectivity index (χ1n) is 1.32. The van der Waals surface area contributed by atoms with Gasteiger partial charge < -0.3 is 30.6 Å². The summed E-state index contributed by atoms with van der Waals surface area (Å²) in [6, 6.07) is 0. The van der Waals surface area contributed by atoms with E-state index < -0.39 is 10.2 Å². The molecule has 0 aliphatic heterocycles. The summed E-state index contributed by atoms with van der Waals surface area (Å²) in [5.41, 5.74) is 0. The van der Waals surface area contributed by atoms with E-state index in [0.717, 1.165) is 13.1 Å². The molecule has 8 nitrogen and oxygen atoms in total. The third-order valence-electron chi connectivity index (χ3n) is 0. The second-order valence-electron chi connectivity index (χ2n) is 0.490. The standard InChI is InChI=1S/2ClH.Cu.2NO3.Zn/c;;;2*2-1(3)4;/h2*1H;;;;/q;;+2;2*-1;+2/p-2. The van der Waals surface area contributed by atoms with Crippen LogP contribution >= 0.6 is 20.2 Å². The molecule has 0 bridgehead atoms. The summed E-state index contributed by atoms with van der Waals surface area (Å²) in [4.78, 5) is 16.5. The van der Waals surface area contributed by atoms with Crippen LogP contribution in [-0.4, -0.2) is 10.2 Å². The summed E-state index contributed by atoms with van der Waals surface area (Å²) in [6.07, 6.45) is 0. The van der Waals surface area contributed by atoms with Crippen molar-refractivity contribution in [3.8, 4) is 0 Å². The number of hydrogen-bond acceptors (Lipinski definition) is 6. The average Bonchev–Trinajstić information content (AvgIpc) is 1.60. The van der Waals surface area contributed by atoms with Crippen molar-refractivity contribution >= 4 is 20.2 Å². The van der Waals surface area contributed by atoms with Crippen molar-refractivity contribution in [1.82, 2.24) is 0 Å². The van der Waals surface area contributed by atoms with Crippen LogP contribution in [-0.2, 0) is 32.6 Å². The zero-order valence-corrected chi connectivity index (χ0v) is 10.5. The quantitative estimate of drug-likeness (QED) is 0.369. The van der Waals surface area contributed by atoms with Crippen LogP contribution in [0.3, 0.4) is 0 Å². The van der Waals surface area contributed by atoms with Gasteiger partial charge in [-0.05, 0) is 0 Å². The molecular formula is Cl2CuN2O6Zn. The van der Waals surface area contributed by atoms with Crippen LogP contribution in [0.15, 0.2) is 0 Å². The Hall–Kier alpha value is 0.123. The van der Waals surface area contributed by atoms with E-state index in [0.29, 0.717) is 0 Å². The van der Waals surface area contributed by atoms with Gasteiger partial charge in [-0.25, -0.2) is 0 Å². The van der Waals surface area contributed by atoms with Crippen molar-refractivity contribution in [3.63, 3.8) is 0 Å². The Morgan fingerprint density at radius 3 is 0.917 bits per heavy atom. The summed E-state index contributed by atoms with van der Waals surface area (Å²) in [7, 11) is 9.34. The van der Waals surface area contributed by atoms with Gasteiger partial charge >= 0.3 is 52.8 Å². The van der Waals surface area contributed by atoms with Crippen molar-refractivity contribution in [3.05, 3.63) is 30.6 Å². The fourth-order valence-electron chi connectivity index (χ4n) is 0. The fourth-order valence-corrected chi connectivity index (χ4v) is 0. The summed E-state index contributed by atoms with van der Waals surface area (Å²) in [5, 5.41) is 29.5. The van der Waals surface area contributed by atoms with Gasteiger partial charge in [0.25, 0.3) is 0 Å². The van der Waals surface area contributed by atoms with Crippen LogP contribution < -0.4 is 0 Å². The molecule has 0 saturated carbocycles. The first-order chi connectivity index (χ1) is 4.88. The van der Waals surface area contributed by atoms with Gasteiger partial charge in [0.1, 0.15) is 0 Å². The van der Waals surface area contributed by atoms with Crippen LogP contribution in [0.4, 0.5) is 0 Å². The molecule has 0 aromatic carbocycles. The molecule has 0 amide bonds. The average molecular weight is 324 g/mol. The maximum absolute atomic E-state index is 8.25. The summed E-state index contributed by atoms with van der Waals surface area (Å²) in [5.74, 6) is 0. The summed E-state index contributed by atoms with van der Waals surface area (Å²) in [6.45, 7) is 0. The minimum atomic E-state index is -1.75. The number of rotatable bonds is 0. The Balaban J connectivity index is -0.0000000389. The van der Waals surface area contributed by atoms with E-state index in [-0.39, 0.29) is 19.5 Å². The second-order valence-corrected chi connectivity index (χ2v) is 2.05. The molecule has 0 aromatic rings. The normalized spacial score (nSPS) is 5.83. The van der Waals surface area contributed by atoms with E-state index in [1.54, 1.807) is 0 Å². The first-order valence-corrected chi connectivity index (χ1v) is 3.91. The molecule has 0 heterocycles. The fraction of sp³-hybridized carbons (Fsp3) is 0. The molecule has 0 aliphatic carbocycles. The first kappa shape index (κ1) is 22.7. The van der Waals surface area contributed by atoms with E-state index in [1.807, 2.05) is 0 Å². The second kappa shape index (κ2) is 22.5. The molecule has 0 aliphatic rings. The SMILES string of the molecule is O=[N+]([O-])[O-].O=[N+]([O-])[O-].[Cl][Cu][Cl].[Zn+2]. The molecule has 0 spiro atoms. The molecule has 73 valence electrons. The zero-order valence-electron chi connectivity index (χ0n) is 5.11. The van der Waals surface area contributed by atoms with Crippen molar-refractivity contribution < 1.29 is 42.8 Å². The topological polar surface area (TPSA) is 132 Å². The molecule has 0 atom stereocenters. The minimum Gasteiger partial charge on any atom is 2.00 e. The summed E-state index contributed by atoms with van der Waals surface area (Å²) < 4.78 is 0. The van der Waals surface area contributed by atoms with Crippen LogP contribution in [0.1, 0.15) is 0 Å². The molecule has 0 radical (unpaired) electrons. The third kappa shape index (κ3) is 55800. The van der Waals surface area contributed by atoms with Crippen LogP contribution in [0.2, 0.25) is 0 Å². The Morgan fingerprint density at radius 1 is 0.917 bits per heavy atom. The Kier molecular flexibility index (Phi) is 42.6. The van der Waals surface area contributed by atoms with Crippen molar-refractivity contribution in [2.45, 2.75) is 0 Å². The van der Waals surface area contributed by atoms with Gasteiger partial charge in [-0.15, -0.1) is 0 Å². The monoisotopic (exact) mass is 321 g/mol. The number of hydrogen-bond donors (Lipinski definition) is 0. The van der Waals surface area contributed by atoms with Crippen LogP contribution in [0, 0.1) is 30.6 Å². The maximum atomic E-state index is 8.25. The van der Waals surface area contributed by atoms with Gasteiger partial charge in [-0.3, -0.25) is 0 Å². The van der Waals surface area contributed by atoms with Gasteiger partial charge in [0.15, 0.2) is 0 Å². The number of nitrogens with zero attached hydrogens (tertiary/aromatic N) is 2. The van der Waals surface area contributed by atoms with E-state index in [4.69, 9.17) is 30.6 Å². The zero-order chi connectivity index (χ0) is 9.86. The van der Waals surface area contributed by atoms with Crippen LogP contribution in [0.5, 0.6) is 0 Å². The largest absolute Gasteiger partial charge is 2.00 e. The predicted octanol–water partition coefficient (Wildman–Crippen LogP) is 0.896. The van der Waals surface area contributed by atoms with E-state index in [2.05, 4.69) is 20.2 Å². The summed E-state index contributed by atoms with van der Waals surface area (Å²) >= 11 is 0.757.